The molecule has 0 spiro atoms. The second-order valence-electron chi connectivity index (χ2n) is 5.02. The van der Waals surface area contributed by atoms with E-state index in [1.807, 2.05) is 24.8 Å². The Hall–Kier alpha value is -0.410. The molecule has 1 aromatic rings. The highest BCUT2D eigenvalue weighted by Crippen LogP contribution is 2.34. The second kappa shape index (κ2) is 6.85. The fraction of sp³-hybridized carbons (Fsp3) is 0.667. The van der Waals surface area contributed by atoms with Gasteiger partial charge in [0, 0.05) is 28.2 Å². The zero-order chi connectivity index (χ0) is 14.6. The van der Waals surface area contributed by atoms with Crippen LogP contribution in [0.15, 0.2) is 6.07 Å². The van der Waals surface area contributed by atoms with Crippen LogP contribution in [0.3, 0.4) is 0 Å². The van der Waals surface area contributed by atoms with Crippen LogP contribution >= 0.6 is 23.4 Å². The van der Waals surface area contributed by atoms with Crippen molar-refractivity contribution >= 4 is 29.1 Å². The third-order valence-electron chi connectivity index (χ3n) is 4.16. The van der Waals surface area contributed by atoms with E-state index in [2.05, 4.69) is 31.6 Å². The number of rotatable bonds is 7. The lowest BCUT2D eigenvalue weighted by Crippen LogP contribution is -2.30. The number of Topliss-reactive ketones (excluding diaryl/α,β-unsaturated/α-hetero) is 1. The molecule has 0 fully saturated rings. The van der Waals surface area contributed by atoms with Crippen molar-refractivity contribution in [3.8, 4) is 0 Å². The van der Waals surface area contributed by atoms with Crippen molar-refractivity contribution in [1.29, 1.82) is 0 Å². The molecule has 1 heterocycles. The predicted octanol–water partition coefficient (Wildman–Crippen LogP) is 4.45. The van der Waals surface area contributed by atoms with Gasteiger partial charge in [-0.05, 0) is 39.0 Å². The number of alkyl halides is 1. The average Bonchev–Trinajstić information content (AvgIpc) is 2.71. The van der Waals surface area contributed by atoms with E-state index >= 15 is 0 Å². The van der Waals surface area contributed by atoms with E-state index in [9.17, 15) is 4.79 Å². The Kier molecular flexibility index (Phi) is 6.00. The molecule has 0 bridgehead atoms. The first kappa shape index (κ1) is 16.6. The molecule has 4 heteroatoms. The summed E-state index contributed by atoms with van der Waals surface area (Å²) >= 11 is 7.59. The van der Waals surface area contributed by atoms with Gasteiger partial charge in [0.05, 0.1) is 5.88 Å². The Labute approximate surface area is 125 Å². The van der Waals surface area contributed by atoms with Gasteiger partial charge in [0.15, 0.2) is 5.78 Å². The van der Waals surface area contributed by atoms with Crippen LogP contribution < -0.4 is 0 Å². The molecule has 0 saturated heterocycles. The van der Waals surface area contributed by atoms with E-state index < -0.39 is 0 Å². The Morgan fingerprint density at radius 1 is 1.37 bits per heavy atom. The minimum absolute atomic E-state index is 0.0174. The van der Waals surface area contributed by atoms with Crippen molar-refractivity contribution < 1.29 is 4.79 Å². The minimum atomic E-state index is 0.0174. The Morgan fingerprint density at radius 2 is 1.95 bits per heavy atom. The standard InChI is InChI=1S/C15H24ClNOS/c1-6-15(7-2,19-5)10-17-11(3)8-13(12(17)4)14(18)9-16/h8H,6-7,9-10H2,1-5H3. The number of carbonyl (C=O) groups is 1. The van der Waals surface area contributed by atoms with Gasteiger partial charge in [0.1, 0.15) is 0 Å². The molecular weight excluding hydrogens is 278 g/mol. The lowest BCUT2D eigenvalue weighted by atomic mass is 10.0. The maximum atomic E-state index is 11.8. The summed E-state index contributed by atoms with van der Waals surface area (Å²) in [6.45, 7) is 9.50. The molecule has 2 nitrogen and oxygen atoms in total. The summed E-state index contributed by atoms with van der Waals surface area (Å²) in [6, 6.07) is 1.97. The second-order valence-corrected chi connectivity index (χ2v) is 6.56. The lowest BCUT2D eigenvalue weighted by Gasteiger charge is -2.31. The first-order chi connectivity index (χ1) is 8.94. The van der Waals surface area contributed by atoms with Crippen LogP contribution in [0, 0.1) is 13.8 Å². The molecule has 0 radical (unpaired) electrons. The van der Waals surface area contributed by atoms with Crippen LogP contribution in [0.2, 0.25) is 0 Å². The van der Waals surface area contributed by atoms with Crippen LogP contribution in [-0.4, -0.2) is 27.2 Å². The van der Waals surface area contributed by atoms with Crippen LogP contribution in [0.5, 0.6) is 0 Å². The van der Waals surface area contributed by atoms with Crippen molar-refractivity contribution in [2.45, 2.75) is 51.8 Å². The first-order valence-corrected chi connectivity index (χ1v) is 8.51. The smallest absolute Gasteiger partial charge is 0.179 e. The summed E-state index contributed by atoms with van der Waals surface area (Å²) in [4.78, 5) is 11.8. The summed E-state index contributed by atoms with van der Waals surface area (Å²) in [6.07, 6.45) is 4.42. The summed E-state index contributed by atoms with van der Waals surface area (Å²) in [7, 11) is 0. The van der Waals surface area contributed by atoms with E-state index in [0.717, 1.165) is 36.3 Å². The fourth-order valence-electron chi connectivity index (χ4n) is 2.51. The molecule has 1 aromatic heterocycles. The third kappa shape index (κ3) is 3.38. The SMILES string of the molecule is CCC(CC)(Cn1c(C)cc(C(=O)CCl)c1C)SC. The van der Waals surface area contributed by atoms with Crippen LogP contribution in [0.1, 0.15) is 48.4 Å². The van der Waals surface area contributed by atoms with Gasteiger partial charge in [-0.3, -0.25) is 4.79 Å². The fourth-order valence-corrected chi connectivity index (χ4v) is 3.49. The molecule has 0 aromatic carbocycles. The van der Waals surface area contributed by atoms with Crippen LogP contribution in [0.25, 0.3) is 0 Å². The molecule has 0 atom stereocenters. The Balaban J connectivity index is 3.15. The quantitative estimate of drug-likeness (QED) is 0.548. The highest BCUT2D eigenvalue weighted by Gasteiger charge is 2.27. The highest BCUT2D eigenvalue weighted by molar-refractivity contribution is 8.00. The molecule has 19 heavy (non-hydrogen) atoms. The predicted molar refractivity (Wildman–Crippen MR) is 85.8 cm³/mol. The third-order valence-corrected chi connectivity index (χ3v) is 5.98. The van der Waals surface area contributed by atoms with Crippen LogP contribution in [0.4, 0.5) is 0 Å². The van der Waals surface area contributed by atoms with Gasteiger partial charge in [0.25, 0.3) is 0 Å². The number of halogens is 1. The molecular formula is C15H24ClNOS. The van der Waals surface area contributed by atoms with Crippen molar-refractivity contribution in [2.75, 3.05) is 12.1 Å². The molecule has 0 amide bonds. The zero-order valence-electron chi connectivity index (χ0n) is 12.5. The number of aryl methyl sites for hydroxylation is 1. The maximum Gasteiger partial charge on any atom is 0.179 e. The van der Waals surface area contributed by atoms with Gasteiger partial charge in [-0.1, -0.05) is 13.8 Å². The van der Waals surface area contributed by atoms with E-state index in [0.29, 0.717) is 0 Å². The number of ketones is 1. The van der Waals surface area contributed by atoms with Gasteiger partial charge >= 0.3 is 0 Å². The Morgan fingerprint density at radius 3 is 2.37 bits per heavy atom. The van der Waals surface area contributed by atoms with Crippen molar-refractivity contribution in [2.24, 2.45) is 0 Å². The van der Waals surface area contributed by atoms with Gasteiger partial charge in [-0.25, -0.2) is 0 Å². The number of thioether (sulfide) groups is 1. The first-order valence-electron chi connectivity index (χ1n) is 6.75. The van der Waals surface area contributed by atoms with Gasteiger partial charge < -0.3 is 4.57 Å². The van der Waals surface area contributed by atoms with E-state index in [4.69, 9.17) is 11.6 Å². The monoisotopic (exact) mass is 301 g/mol. The summed E-state index contributed by atoms with van der Waals surface area (Å²) in [5, 5.41) is 0. The normalized spacial score (nSPS) is 11.9. The number of nitrogens with zero attached hydrogens (tertiary/aromatic N) is 1. The van der Waals surface area contributed by atoms with Gasteiger partial charge in [0.2, 0.25) is 0 Å². The van der Waals surface area contributed by atoms with Gasteiger partial charge in [-0.2, -0.15) is 11.8 Å². The summed E-state index contributed by atoms with van der Waals surface area (Å²) < 4.78 is 2.51. The molecule has 0 aliphatic heterocycles. The summed E-state index contributed by atoms with van der Waals surface area (Å²) in [5.74, 6) is 0.0725. The van der Waals surface area contributed by atoms with Gasteiger partial charge in [-0.15, -0.1) is 11.6 Å². The molecule has 1 rings (SSSR count). The number of hydrogen-bond acceptors (Lipinski definition) is 2. The largest absolute Gasteiger partial charge is 0.347 e. The molecule has 0 N–H and O–H groups in total. The molecule has 0 unspecified atom stereocenters. The number of hydrogen-bond donors (Lipinski definition) is 0. The number of carbonyl (C=O) groups excluding carboxylic acids is 1. The highest BCUT2D eigenvalue weighted by atomic mass is 35.5. The van der Waals surface area contributed by atoms with Crippen LogP contribution in [-0.2, 0) is 6.54 Å². The molecule has 0 aliphatic rings. The van der Waals surface area contributed by atoms with E-state index in [1.165, 1.54) is 0 Å². The van der Waals surface area contributed by atoms with Crippen molar-refractivity contribution in [3.63, 3.8) is 0 Å². The minimum Gasteiger partial charge on any atom is -0.347 e. The summed E-state index contributed by atoms with van der Waals surface area (Å²) in [5.41, 5.74) is 2.96. The maximum absolute atomic E-state index is 11.8. The molecule has 0 saturated carbocycles. The zero-order valence-corrected chi connectivity index (χ0v) is 14.1. The average molecular weight is 302 g/mol. The molecule has 0 aliphatic carbocycles. The molecule has 108 valence electrons. The van der Waals surface area contributed by atoms with E-state index in [-0.39, 0.29) is 16.4 Å². The lowest BCUT2D eigenvalue weighted by molar-refractivity contribution is 0.102. The van der Waals surface area contributed by atoms with Crippen molar-refractivity contribution in [3.05, 3.63) is 23.0 Å². The topological polar surface area (TPSA) is 22.0 Å². The van der Waals surface area contributed by atoms with Crippen molar-refractivity contribution in [1.82, 2.24) is 4.57 Å². The Bertz CT molecular complexity index is 441. The number of aromatic nitrogens is 1. The van der Waals surface area contributed by atoms with E-state index in [1.54, 1.807) is 0 Å².